The first-order valence-corrected chi connectivity index (χ1v) is 27.8. The number of likely N-dealkylation sites (N-methyl/N-ethyl adjacent to an activating group) is 4. The fourth-order valence-corrected chi connectivity index (χ4v) is 11.2. The quantitative estimate of drug-likeness (QED) is 0.116. The summed E-state index contributed by atoms with van der Waals surface area (Å²) >= 11 is 0. The maximum absolute atomic E-state index is 14.7. The van der Waals surface area contributed by atoms with E-state index in [1.54, 1.807) is 55.4 Å². The van der Waals surface area contributed by atoms with Crippen LogP contribution in [0.2, 0.25) is 0 Å². The van der Waals surface area contributed by atoms with Crippen LogP contribution in [-0.4, -0.2) is 235 Å². The maximum atomic E-state index is 14.7. The number of rotatable bonds is 12. The fraction of sp³-hybridized carbons (Fsp3) is 0.815. The molecule has 0 aromatic rings. The number of aliphatic hydroxyl groups is 4. The van der Waals surface area contributed by atoms with E-state index in [0.717, 1.165) is 19.6 Å². The van der Waals surface area contributed by atoms with Gasteiger partial charge >= 0.3 is 0 Å². The first-order valence-electron chi connectivity index (χ1n) is 27.8. The average Bonchev–Trinajstić information content (AvgIpc) is 4.02. The molecule has 78 heavy (non-hydrogen) atoms. The molecule has 0 aliphatic carbocycles. The van der Waals surface area contributed by atoms with Gasteiger partial charge in [-0.25, -0.2) is 0 Å². The topological polar surface area (TPSA) is 319 Å². The Hall–Kier alpha value is -5.46. The summed E-state index contributed by atoms with van der Waals surface area (Å²) in [4.78, 5) is 152. The predicted molar refractivity (Wildman–Crippen MR) is 288 cm³/mol. The number of hydrogen-bond donors (Lipinski definition) is 8. The zero-order chi connectivity index (χ0) is 59.5. The van der Waals surface area contributed by atoms with E-state index in [0.29, 0.717) is 12.8 Å². The summed E-state index contributed by atoms with van der Waals surface area (Å²) in [6.45, 7) is 19.6. The van der Waals surface area contributed by atoms with E-state index < -0.39 is 144 Å². The largest absolute Gasteiger partial charge is 0.391 e. The monoisotopic (exact) mass is 1110 g/mol. The Morgan fingerprint density at radius 3 is 0.769 bits per heavy atom. The van der Waals surface area contributed by atoms with Crippen LogP contribution in [0.1, 0.15) is 134 Å². The molecule has 3 aliphatic heterocycles. The Kier molecular flexibility index (Phi) is 25.0. The van der Waals surface area contributed by atoms with Gasteiger partial charge < -0.3 is 71.1 Å². The molecule has 3 heterocycles. The van der Waals surface area contributed by atoms with Crippen LogP contribution in [0.4, 0.5) is 0 Å². The van der Waals surface area contributed by atoms with Crippen LogP contribution in [-0.2, 0) is 47.9 Å². The highest BCUT2D eigenvalue weighted by molar-refractivity contribution is 6.00. The van der Waals surface area contributed by atoms with Crippen molar-refractivity contribution in [3.8, 4) is 0 Å². The molecule has 0 spiro atoms. The standard InChI is InChI=1S/C54H94N10O14/c1-27(2)23-35-49(73)59(13)41(31(9)65)45(69)57-37(25-29(5)6)51(75)64-22-18-20-40(64)54(78)62(16)44(34(12)68)48(72)56-36(24-28(3)4)50(74)60(14)42(32(10)66)46(70)58-38(26-30(7)8)52(76)63-21-17-19-39(63)53(77)61(15)43(33(11)67)47(71)55-35/h27-44,65-68H,17-26H2,1-16H3,(H,55,71)(H,56,72)(H,57,69)(H,58,70)/t31-,32-,33-,34-,35+,36+,37+,38+,39-,40-,41+,42+,43+,44+/m1/s1. The zero-order valence-electron chi connectivity index (χ0n) is 49.0. The minimum atomic E-state index is -1.63. The van der Waals surface area contributed by atoms with Crippen molar-refractivity contribution in [3.05, 3.63) is 0 Å². The van der Waals surface area contributed by atoms with Crippen LogP contribution in [0.3, 0.4) is 0 Å². The van der Waals surface area contributed by atoms with E-state index >= 15 is 0 Å². The Balaban J connectivity index is 2.28. The summed E-state index contributed by atoms with van der Waals surface area (Å²) in [5, 5.41) is 55.4. The number of amides is 10. The third kappa shape index (κ3) is 16.8. The van der Waals surface area contributed by atoms with Crippen LogP contribution >= 0.6 is 0 Å². The molecule has 8 N–H and O–H groups in total. The van der Waals surface area contributed by atoms with Gasteiger partial charge in [0.15, 0.2) is 0 Å². The molecule has 3 aliphatic rings. The Morgan fingerprint density at radius 2 is 0.564 bits per heavy atom. The van der Waals surface area contributed by atoms with Crippen molar-refractivity contribution in [2.24, 2.45) is 23.7 Å². The van der Waals surface area contributed by atoms with Crippen molar-refractivity contribution >= 4 is 59.1 Å². The highest BCUT2D eigenvalue weighted by Crippen LogP contribution is 2.26. The van der Waals surface area contributed by atoms with Crippen LogP contribution < -0.4 is 21.3 Å². The number of carbonyl (C=O) groups is 10. The highest BCUT2D eigenvalue weighted by atomic mass is 16.3. The van der Waals surface area contributed by atoms with E-state index in [4.69, 9.17) is 0 Å². The lowest BCUT2D eigenvalue weighted by atomic mass is 9.98. The highest BCUT2D eigenvalue weighted by Gasteiger charge is 2.47. The van der Waals surface area contributed by atoms with E-state index in [9.17, 15) is 68.4 Å². The molecule has 10 amide bonds. The van der Waals surface area contributed by atoms with Crippen LogP contribution in [0.15, 0.2) is 0 Å². The summed E-state index contributed by atoms with van der Waals surface area (Å²) in [7, 11) is 5.07. The second kappa shape index (κ2) is 29.1. The molecule has 0 aromatic carbocycles. The van der Waals surface area contributed by atoms with Crippen molar-refractivity contribution in [2.45, 2.75) is 219 Å². The lowest BCUT2D eigenvalue weighted by Gasteiger charge is -2.38. The summed E-state index contributed by atoms with van der Waals surface area (Å²) in [5.74, 6) is -9.04. The van der Waals surface area contributed by atoms with Crippen molar-refractivity contribution in [2.75, 3.05) is 41.3 Å². The van der Waals surface area contributed by atoms with Crippen molar-refractivity contribution in [1.82, 2.24) is 50.7 Å². The summed E-state index contributed by atoms with van der Waals surface area (Å²) in [6, 6.07) is -14.2. The van der Waals surface area contributed by atoms with Crippen LogP contribution in [0, 0.1) is 23.7 Å². The van der Waals surface area contributed by atoms with E-state index in [2.05, 4.69) is 21.3 Å². The van der Waals surface area contributed by atoms with Gasteiger partial charge in [0.05, 0.1) is 24.4 Å². The Morgan fingerprint density at radius 1 is 0.359 bits per heavy atom. The van der Waals surface area contributed by atoms with E-state index in [1.807, 2.05) is 0 Å². The number of hydrogen-bond acceptors (Lipinski definition) is 14. The second-order valence-corrected chi connectivity index (χ2v) is 23.7. The molecule has 3 rings (SSSR count). The predicted octanol–water partition coefficient (Wildman–Crippen LogP) is -1.06. The van der Waals surface area contributed by atoms with Crippen LogP contribution in [0.5, 0.6) is 0 Å². The van der Waals surface area contributed by atoms with Crippen molar-refractivity contribution in [3.63, 3.8) is 0 Å². The van der Waals surface area contributed by atoms with Gasteiger partial charge in [-0.3, -0.25) is 47.9 Å². The molecule has 3 fully saturated rings. The van der Waals surface area contributed by atoms with Gasteiger partial charge in [0.2, 0.25) is 59.1 Å². The lowest BCUT2D eigenvalue weighted by molar-refractivity contribution is -0.153. The SMILES string of the molecule is CC(C)C[C@@H]1NC(=O)[C@H]([C@@H](C)O)N(C)C(=O)[C@H]2CCCN2C(=O)[C@H](CC(C)C)NC(=O)[C@H]([C@@H](C)O)N(C)C(=O)[C@H](CC(C)C)NC(=O)[C@H]([C@@H](C)O)N(C)C(=O)[C@H]2CCCN2C(=O)[C@H](CC(C)C)NC(=O)[C@H]([C@@H](C)O)N(C)C1=O. The summed E-state index contributed by atoms with van der Waals surface area (Å²) < 4.78 is 0. The van der Waals surface area contributed by atoms with Gasteiger partial charge in [0.1, 0.15) is 60.4 Å². The summed E-state index contributed by atoms with van der Waals surface area (Å²) in [6.07, 6.45) is -5.01. The smallest absolute Gasteiger partial charge is 0.246 e. The van der Waals surface area contributed by atoms with Crippen molar-refractivity contribution in [1.29, 1.82) is 0 Å². The second-order valence-electron chi connectivity index (χ2n) is 23.7. The molecule has 0 aromatic heterocycles. The molecule has 0 radical (unpaired) electrons. The summed E-state index contributed by atoms with van der Waals surface area (Å²) in [5.41, 5.74) is 0. The van der Waals surface area contributed by atoms with Gasteiger partial charge in [0.25, 0.3) is 0 Å². The molecule has 0 saturated carbocycles. The molecule has 24 heteroatoms. The number of nitrogens with zero attached hydrogens (tertiary/aromatic N) is 6. The first-order chi connectivity index (χ1) is 36.2. The van der Waals surface area contributed by atoms with Gasteiger partial charge in [0, 0.05) is 41.3 Å². The molecule has 14 atom stereocenters. The van der Waals surface area contributed by atoms with E-state index in [1.165, 1.54) is 65.7 Å². The van der Waals surface area contributed by atoms with E-state index in [-0.39, 0.29) is 75.3 Å². The number of carbonyl (C=O) groups excluding carboxylic acids is 10. The van der Waals surface area contributed by atoms with Crippen molar-refractivity contribution < 1.29 is 68.4 Å². The Bertz CT molecular complexity index is 1990. The Labute approximate surface area is 461 Å². The fourth-order valence-electron chi connectivity index (χ4n) is 11.2. The van der Waals surface area contributed by atoms with Gasteiger partial charge in [-0.2, -0.15) is 0 Å². The molecule has 0 unspecified atom stereocenters. The zero-order valence-corrected chi connectivity index (χ0v) is 49.0. The molecular weight excluding hydrogens is 1010 g/mol. The minimum absolute atomic E-state index is 0.00434. The van der Waals surface area contributed by atoms with Gasteiger partial charge in [-0.05, 0) is 103 Å². The van der Waals surface area contributed by atoms with Gasteiger partial charge in [-0.15, -0.1) is 0 Å². The first kappa shape index (κ1) is 66.8. The molecule has 24 nitrogen and oxygen atoms in total. The molecule has 0 bridgehead atoms. The average molecular weight is 1110 g/mol. The van der Waals surface area contributed by atoms with Gasteiger partial charge in [-0.1, -0.05) is 55.4 Å². The molecule has 444 valence electrons. The third-order valence-electron chi connectivity index (χ3n) is 14.9. The minimum Gasteiger partial charge on any atom is -0.391 e. The molecule has 3 saturated heterocycles. The van der Waals surface area contributed by atoms with Crippen LogP contribution in [0.25, 0.3) is 0 Å². The molecular formula is C54H94N10O14. The number of fused-ring (bicyclic) bond motifs is 2. The maximum Gasteiger partial charge on any atom is 0.246 e. The lowest BCUT2D eigenvalue weighted by Crippen LogP contribution is -2.64. The number of nitrogens with one attached hydrogen (secondary N) is 4. The normalized spacial score (nSPS) is 29.7. The number of aliphatic hydroxyl groups excluding tert-OH is 4. The third-order valence-corrected chi connectivity index (χ3v) is 14.9.